The molecule has 1 aromatic carbocycles. The van der Waals surface area contributed by atoms with Crippen molar-refractivity contribution in [1.82, 2.24) is 10.2 Å². The lowest BCUT2D eigenvalue weighted by molar-refractivity contribution is 0.147. The van der Waals surface area contributed by atoms with Crippen molar-refractivity contribution in [3.8, 4) is 5.75 Å². The van der Waals surface area contributed by atoms with Crippen LogP contribution < -0.4 is 10.1 Å². The summed E-state index contributed by atoms with van der Waals surface area (Å²) < 4.78 is 11.1. The molecule has 19 heavy (non-hydrogen) atoms. The number of para-hydroxylation sites is 1. The van der Waals surface area contributed by atoms with E-state index in [2.05, 4.69) is 28.4 Å². The van der Waals surface area contributed by atoms with E-state index in [1.165, 1.54) is 5.56 Å². The highest BCUT2D eigenvalue weighted by molar-refractivity contribution is 5.33. The summed E-state index contributed by atoms with van der Waals surface area (Å²) in [6.45, 7) is 9.31. The molecule has 106 valence electrons. The highest BCUT2D eigenvalue weighted by Crippen LogP contribution is 2.21. The van der Waals surface area contributed by atoms with E-state index in [-0.39, 0.29) is 0 Å². The van der Waals surface area contributed by atoms with E-state index in [1.807, 2.05) is 13.0 Å². The number of nitrogens with zero attached hydrogens (tertiary/aromatic N) is 1. The summed E-state index contributed by atoms with van der Waals surface area (Å²) in [5.41, 5.74) is 1.29. The fourth-order valence-corrected chi connectivity index (χ4v) is 2.22. The number of nitrogens with one attached hydrogen (secondary N) is 1. The zero-order chi connectivity index (χ0) is 13.3. The molecule has 0 fully saturated rings. The van der Waals surface area contributed by atoms with Gasteiger partial charge in [-0.15, -0.1) is 0 Å². The Labute approximate surface area is 115 Å². The maximum atomic E-state index is 5.76. The van der Waals surface area contributed by atoms with Gasteiger partial charge in [0.05, 0.1) is 6.61 Å². The molecule has 1 aliphatic heterocycles. The molecule has 0 aromatic heterocycles. The fourth-order valence-electron chi connectivity index (χ4n) is 2.22. The second kappa shape index (κ2) is 8.15. The zero-order valence-corrected chi connectivity index (χ0v) is 11.7. The predicted molar refractivity (Wildman–Crippen MR) is 76.6 cm³/mol. The average Bonchev–Trinajstić information content (AvgIpc) is 2.64. The molecule has 1 N–H and O–H groups in total. The third kappa shape index (κ3) is 4.82. The molecule has 0 bridgehead atoms. The molecular weight excluding hydrogens is 240 g/mol. The topological polar surface area (TPSA) is 33.7 Å². The van der Waals surface area contributed by atoms with Crippen LogP contribution in [0.25, 0.3) is 0 Å². The van der Waals surface area contributed by atoms with Gasteiger partial charge < -0.3 is 14.8 Å². The van der Waals surface area contributed by atoms with Gasteiger partial charge in [-0.3, -0.25) is 4.90 Å². The normalized spacial score (nSPS) is 15.6. The summed E-state index contributed by atoms with van der Waals surface area (Å²) in [6, 6.07) is 8.31. The van der Waals surface area contributed by atoms with Crippen LogP contribution in [-0.4, -0.2) is 50.9 Å². The maximum Gasteiger partial charge on any atom is 0.123 e. The SMILES string of the molecule is CCOCCNCCN1CCOc2ccccc2C1. The Hall–Kier alpha value is -1.10. The first-order valence-corrected chi connectivity index (χ1v) is 7.11. The number of hydrogen-bond donors (Lipinski definition) is 1. The van der Waals surface area contributed by atoms with Gasteiger partial charge in [0.15, 0.2) is 0 Å². The van der Waals surface area contributed by atoms with Crippen molar-refractivity contribution in [3.05, 3.63) is 29.8 Å². The van der Waals surface area contributed by atoms with Gasteiger partial charge >= 0.3 is 0 Å². The van der Waals surface area contributed by atoms with Gasteiger partial charge in [0.2, 0.25) is 0 Å². The molecule has 0 radical (unpaired) electrons. The first-order valence-electron chi connectivity index (χ1n) is 7.11. The molecule has 0 amide bonds. The third-order valence-corrected chi connectivity index (χ3v) is 3.26. The number of hydrogen-bond acceptors (Lipinski definition) is 4. The van der Waals surface area contributed by atoms with E-state index in [0.717, 1.165) is 58.3 Å². The van der Waals surface area contributed by atoms with Crippen LogP contribution in [0.4, 0.5) is 0 Å². The zero-order valence-electron chi connectivity index (χ0n) is 11.7. The lowest BCUT2D eigenvalue weighted by atomic mass is 10.2. The Morgan fingerprint density at radius 1 is 1.32 bits per heavy atom. The standard InChI is InChI=1S/C15H24N2O2/c1-2-18-11-8-16-7-9-17-10-12-19-15-6-4-3-5-14(15)13-17/h3-6,16H,2,7-13H2,1H3. The van der Waals surface area contributed by atoms with Crippen LogP contribution in [0.5, 0.6) is 5.75 Å². The number of rotatable bonds is 7. The van der Waals surface area contributed by atoms with Gasteiger partial charge in [-0.25, -0.2) is 0 Å². The summed E-state index contributed by atoms with van der Waals surface area (Å²) in [5.74, 6) is 1.04. The molecule has 0 saturated heterocycles. The molecule has 1 aliphatic rings. The second-order valence-corrected chi connectivity index (χ2v) is 4.68. The Morgan fingerprint density at radius 2 is 2.21 bits per heavy atom. The summed E-state index contributed by atoms with van der Waals surface area (Å²) in [6.07, 6.45) is 0. The van der Waals surface area contributed by atoms with Gasteiger partial charge in [-0.05, 0) is 13.0 Å². The molecule has 0 atom stereocenters. The summed E-state index contributed by atoms with van der Waals surface area (Å²) in [5, 5.41) is 3.40. The molecule has 1 aromatic rings. The molecule has 0 saturated carbocycles. The predicted octanol–water partition coefficient (Wildman–Crippen LogP) is 1.51. The Balaban J connectivity index is 1.70. The Kier molecular flexibility index (Phi) is 6.14. The van der Waals surface area contributed by atoms with E-state index in [1.54, 1.807) is 0 Å². The van der Waals surface area contributed by atoms with Crippen molar-refractivity contribution in [2.75, 3.05) is 46.0 Å². The van der Waals surface area contributed by atoms with E-state index in [4.69, 9.17) is 9.47 Å². The van der Waals surface area contributed by atoms with Crippen molar-refractivity contribution in [2.24, 2.45) is 0 Å². The molecule has 0 spiro atoms. The van der Waals surface area contributed by atoms with E-state index in [0.29, 0.717) is 0 Å². The first-order chi connectivity index (χ1) is 9.40. The lowest BCUT2D eigenvalue weighted by Gasteiger charge is -2.19. The minimum atomic E-state index is 0.774. The highest BCUT2D eigenvalue weighted by Gasteiger charge is 2.13. The van der Waals surface area contributed by atoms with Crippen LogP contribution in [-0.2, 0) is 11.3 Å². The van der Waals surface area contributed by atoms with Crippen molar-refractivity contribution >= 4 is 0 Å². The van der Waals surface area contributed by atoms with Gasteiger partial charge in [-0.2, -0.15) is 0 Å². The van der Waals surface area contributed by atoms with Gasteiger partial charge in [-0.1, -0.05) is 18.2 Å². The van der Waals surface area contributed by atoms with Crippen molar-refractivity contribution < 1.29 is 9.47 Å². The van der Waals surface area contributed by atoms with Gasteiger partial charge in [0.25, 0.3) is 0 Å². The van der Waals surface area contributed by atoms with E-state index in [9.17, 15) is 0 Å². The Morgan fingerprint density at radius 3 is 3.11 bits per heavy atom. The molecular formula is C15H24N2O2. The lowest BCUT2D eigenvalue weighted by Crippen LogP contribution is -2.34. The third-order valence-electron chi connectivity index (χ3n) is 3.26. The average molecular weight is 264 g/mol. The maximum absolute atomic E-state index is 5.76. The van der Waals surface area contributed by atoms with Crippen LogP contribution in [0.3, 0.4) is 0 Å². The van der Waals surface area contributed by atoms with Gasteiger partial charge in [0, 0.05) is 44.9 Å². The smallest absolute Gasteiger partial charge is 0.123 e. The van der Waals surface area contributed by atoms with Crippen molar-refractivity contribution in [3.63, 3.8) is 0 Å². The van der Waals surface area contributed by atoms with E-state index < -0.39 is 0 Å². The summed E-state index contributed by atoms with van der Waals surface area (Å²) in [4.78, 5) is 2.43. The molecule has 1 heterocycles. The number of fused-ring (bicyclic) bond motifs is 1. The molecule has 0 aliphatic carbocycles. The van der Waals surface area contributed by atoms with Crippen LogP contribution in [0.2, 0.25) is 0 Å². The molecule has 0 unspecified atom stereocenters. The quantitative estimate of drug-likeness (QED) is 0.757. The second-order valence-electron chi connectivity index (χ2n) is 4.68. The minimum Gasteiger partial charge on any atom is -0.492 e. The fraction of sp³-hybridized carbons (Fsp3) is 0.600. The Bertz CT molecular complexity index is 371. The van der Waals surface area contributed by atoms with Crippen molar-refractivity contribution in [1.29, 1.82) is 0 Å². The van der Waals surface area contributed by atoms with Crippen molar-refractivity contribution in [2.45, 2.75) is 13.5 Å². The van der Waals surface area contributed by atoms with Crippen LogP contribution in [0.15, 0.2) is 24.3 Å². The summed E-state index contributed by atoms with van der Waals surface area (Å²) in [7, 11) is 0. The van der Waals surface area contributed by atoms with Crippen LogP contribution in [0.1, 0.15) is 12.5 Å². The minimum absolute atomic E-state index is 0.774. The van der Waals surface area contributed by atoms with Gasteiger partial charge in [0.1, 0.15) is 12.4 Å². The summed E-state index contributed by atoms with van der Waals surface area (Å²) >= 11 is 0. The molecule has 2 rings (SSSR count). The number of ether oxygens (including phenoxy) is 2. The molecule has 4 heteroatoms. The highest BCUT2D eigenvalue weighted by atomic mass is 16.5. The number of benzene rings is 1. The van der Waals surface area contributed by atoms with E-state index >= 15 is 0 Å². The monoisotopic (exact) mass is 264 g/mol. The van der Waals surface area contributed by atoms with Crippen LogP contribution >= 0.6 is 0 Å². The first kappa shape index (κ1) is 14.3. The largest absolute Gasteiger partial charge is 0.492 e. The van der Waals surface area contributed by atoms with Crippen LogP contribution in [0, 0.1) is 0 Å². The molecule has 4 nitrogen and oxygen atoms in total.